The van der Waals surface area contributed by atoms with Gasteiger partial charge in [-0.1, -0.05) is 20.3 Å². The van der Waals surface area contributed by atoms with E-state index in [2.05, 4.69) is 24.1 Å². The zero-order valence-electron chi connectivity index (χ0n) is 19.6. The second-order valence-corrected chi connectivity index (χ2v) is 10.8. The van der Waals surface area contributed by atoms with Crippen LogP contribution in [0, 0.1) is 23.7 Å². The van der Waals surface area contributed by atoms with Crippen LogP contribution in [-0.4, -0.2) is 68.2 Å². The average molecular weight is 439 g/mol. The van der Waals surface area contributed by atoms with Gasteiger partial charge in [0.25, 0.3) is 0 Å². The number of piperidine rings is 1. The highest BCUT2D eigenvalue weighted by molar-refractivity contribution is 5.09. The van der Waals surface area contributed by atoms with Crippen LogP contribution in [0.25, 0.3) is 0 Å². The third kappa shape index (κ3) is 4.20. The van der Waals surface area contributed by atoms with E-state index in [9.17, 15) is 0 Å². The van der Waals surface area contributed by atoms with Crippen molar-refractivity contribution in [2.75, 3.05) is 39.3 Å². The molecule has 5 saturated heterocycles. The Bertz CT molecular complexity index is 617. The summed E-state index contributed by atoms with van der Waals surface area (Å²) in [4.78, 5) is 14.6. The minimum Gasteiger partial charge on any atom is -0.351 e. The maximum absolute atomic E-state index is 6.47. The lowest BCUT2D eigenvalue weighted by molar-refractivity contribution is -0.577. The number of hydrogen-bond acceptors (Lipinski definition) is 7. The molecule has 1 saturated carbocycles. The number of fused-ring (bicyclic) bond motifs is 2. The van der Waals surface area contributed by atoms with Crippen LogP contribution in [0.1, 0.15) is 65.7 Å². The molecule has 0 aromatic heterocycles. The third-order valence-corrected chi connectivity index (χ3v) is 8.71. The predicted octanol–water partition coefficient (Wildman–Crippen LogP) is 3.29. The zero-order chi connectivity index (χ0) is 21.5. The molecule has 2 bridgehead atoms. The van der Waals surface area contributed by atoms with Crippen molar-refractivity contribution in [2.45, 2.75) is 89.7 Å². The van der Waals surface area contributed by atoms with Gasteiger partial charge in [0.15, 0.2) is 18.2 Å². The topological polar surface area (TPSA) is 61.4 Å². The molecule has 31 heavy (non-hydrogen) atoms. The molecule has 1 spiro atoms. The van der Waals surface area contributed by atoms with E-state index in [1.807, 2.05) is 6.92 Å². The Morgan fingerprint density at radius 1 is 1.00 bits per heavy atom. The maximum atomic E-state index is 6.47. The highest BCUT2D eigenvalue weighted by Crippen LogP contribution is 2.60. The smallest absolute Gasteiger partial charge is 0.201 e. The molecule has 5 aliphatic heterocycles. The van der Waals surface area contributed by atoms with E-state index in [0.29, 0.717) is 24.4 Å². The molecule has 7 heteroatoms. The molecule has 8 atom stereocenters. The van der Waals surface area contributed by atoms with E-state index in [4.69, 9.17) is 24.0 Å². The number of hydrogen-bond donors (Lipinski definition) is 1. The molecule has 1 N–H and O–H groups in total. The Kier molecular flexibility index (Phi) is 6.65. The fourth-order valence-corrected chi connectivity index (χ4v) is 6.86. The first kappa shape index (κ1) is 22.5. The van der Waals surface area contributed by atoms with E-state index in [1.54, 1.807) is 0 Å². The lowest BCUT2D eigenvalue weighted by Crippen LogP contribution is -2.70. The van der Waals surface area contributed by atoms with Crippen molar-refractivity contribution < 1.29 is 24.0 Å². The fourth-order valence-electron chi connectivity index (χ4n) is 6.86. The van der Waals surface area contributed by atoms with Crippen molar-refractivity contribution in [3.63, 3.8) is 0 Å². The van der Waals surface area contributed by atoms with Gasteiger partial charge in [-0.25, -0.2) is 9.78 Å². The largest absolute Gasteiger partial charge is 0.351 e. The first-order valence-electron chi connectivity index (χ1n) is 12.8. The zero-order valence-corrected chi connectivity index (χ0v) is 19.6. The van der Waals surface area contributed by atoms with Gasteiger partial charge < -0.3 is 24.4 Å². The molecule has 7 nitrogen and oxygen atoms in total. The van der Waals surface area contributed by atoms with Crippen LogP contribution in [0.4, 0.5) is 0 Å². The second-order valence-electron chi connectivity index (χ2n) is 10.8. The summed E-state index contributed by atoms with van der Waals surface area (Å²) < 4.78 is 19.1. The highest BCUT2D eigenvalue weighted by atomic mass is 17.3. The molecule has 1 aliphatic carbocycles. The van der Waals surface area contributed by atoms with Crippen molar-refractivity contribution in [1.82, 2.24) is 10.2 Å². The Balaban J connectivity index is 1.16. The number of nitrogens with one attached hydrogen (secondary N) is 1. The van der Waals surface area contributed by atoms with E-state index < -0.39 is 17.7 Å². The summed E-state index contributed by atoms with van der Waals surface area (Å²) >= 11 is 0. The average Bonchev–Trinajstić information content (AvgIpc) is 3.00. The van der Waals surface area contributed by atoms with Gasteiger partial charge in [-0.2, -0.15) is 0 Å². The summed E-state index contributed by atoms with van der Waals surface area (Å²) in [7, 11) is 0. The van der Waals surface area contributed by atoms with E-state index in [0.717, 1.165) is 38.9 Å². The molecule has 0 aromatic rings. The lowest BCUT2D eigenvalue weighted by atomic mass is 9.58. The van der Waals surface area contributed by atoms with Crippen molar-refractivity contribution in [1.29, 1.82) is 0 Å². The summed E-state index contributed by atoms with van der Waals surface area (Å²) in [5, 5.41) is 3.54. The van der Waals surface area contributed by atoms with Crippen LogP contribution >= 0.6 is 0 Å². The number of ether oxygens (including phenoxy) is 3. The van der Waals surface area contributed by atoms with Crippen LogP contribution in [0.15, 0.2) is 0 Å². The first-order valence-corrected chi connectivity index (χ1v) is 12.8. The van der Waals surface area contributed by atoms with Crippen molar-refractivity contribution in [3.05, 3.63) is 0 Å². The highest BCUT2D eigenvalue weighted by Gasteiger charge is 2.69. The summed E-state index contributed by atoms with van der Waals surface area (Å²) in [6.45, 7) is 12.7. The fraction of sp³-hybridized carbons (Fsp3) is 1.00. The normalized spacial score (nSPS) is 47.7. The molecule has 178 valence electrons. The first-order chi connectivity index (χ1) is 15.0. The molecule has 6 fully saturated rings. The Morgan fingerprint density at radius 3 is 2.68 bits per heavy atom. The van der Waals surface area contributed by atoms with Crippen LogP contribution in [0.2, 0.25) is 0 Å². The van der Waals surface area contributed by atoms with Gasteiger partial charge in [0.05, 0.1) is 6.61 Å². The van der Waals surface area contributed by atoms with Gasteiger partial charge in [-0.3, -0.25) is 0 Å². The molecule has 0 unspecified atom stereocenters. The monoisotopic (exact) mass is 438 g/mol. The van der Waals surface area contributed by atoms with Gasteiger partial charge >= 0.3 is 0 Å². The van der Waals surface area contributed by atoms with Crippen LogP contribution in [0.5, 0.6) is 0 Å². The Labute approximate surface area is 187 Å². The van der Waals surface area contributed by atoms with Gasteiger partial charge in [0.2, 0.25) is 5.79 Å². The van der Waals surface area contributed by atoms with E-state index in [1.165, 1.54) is 38.8 Å². The summed E-state index contributed by atoms with van der Waals surface area (Å²) in [6, 6.07) is 0. The van der Waals surface area contributed by atoms with Gasteiger partial charge in [-0.15, -0.1) is 0 Å². The van der Waals surface area contributed by atoms with Crippen molar-refractivity contribution >= 4 is 0 Å². The van der Waals surface area contributed by atoms with Gasteiger partial charge in [-0.05, 0) is 64.0 Å². The molecule has 0 aromatic carbocycles. The quantitative estimate of drug-likeness (QED) is 0.483. The standard InChI is InChI=1S/C24H42N2O5/c1-17-7-8-20-18(2)21(27-16-12-25-11-15-26-13-5-4-6-14-26)28-22-24(20)19(17)9-10-23(3,29-22)30-31-24/h17-22,25H,4-16H2,1-3H3/t17-,18-,19+,20+,21+,22-,23-,24-/m1/s1. The summed E-state index contributed by atoms with van der Waals surface area (Å²) in [5.74, 6) is 0.837. The summed E-state index contributed by atoms with van der Waals surface area (Å²) in [5.41, 5.74) is -0.500. The summed E-state index contributed by atoms with van der Waals surface area (Å²) in [6.07, 6.45) is 7.64. The molecule has 0 radical (unpaired) electrons. The van der Waals surface area contributed by atoms with Crippen molar-refractivity contribution in [2.24, 2.45) is 23.7 Å². The number of likely N-dealkylation sites (tertiary alicyclic amines) is 1. The lowest BCUT2D eigenvalue weighted by Gasteiger charge is -2.60. The minimum absolute atomic E-state index is 0.245. The third-order valence-electron chi connectivity index (χ3n) is 8.71. The Hall–Kier alpha value is -0.280. The van der Waals surface area contributed by atoms with Crippen LogP contribution in [-0.2, 0) is 24.0 Å². The van der Waals surface area contributed by atoms with E-state index >= 15 is 0 Å². The predicted molar refractivity (Wildman–Crippen MR) is 116 cm³/mol. The van der Waals surface area contributed by atoms with Gasteiger partial charge in [0.1, 0.15) is 0 Å². The van der Waals surface area contributed by atoms with Crippen molar-refractivity contribution in [3.8, 4) is 0 Å². The molecule has 5 heterocycles. The maximum Gasteiger partial charge on any atom is 0.201 e. The Morgan fingerprint density at radius 2 is 1.84 bits per heavy atom. The SMILES string of the molecule is C[C@H]1[C@@H](OCCNCCN2CCCCC2)O[C@@H]2O[C@@]3(C)CC[C@H]4[C@H](C)CC[C@@H]1[C@@]24OO3. The molecular formula is C24H42N2O5. The molecule has 6 aliphatic rings. The van der Waals surface area contributed by atoms with Crippen LogP contribution in [0.3, 0.4) is 0 Å². The second kappa shape index (κ2) is 9.16. The molecule has 6 rings (SSSR count). The molecule has 0 amide bonds. The number of rotatable bonds is 7. The molecular weight excluding hydrogens is 396 g/mol. The van der Waals surface area contributed by atoms with E-state index in [-0.39, 0.29) is 12.2 Å². The minimum atomic E-state index is -0.724. The number of nitrogens with zero attached hydrogens (tertiary/aromatic N) is 1. The van der Waals surface area contributed by atoms with Gasteiger partial charge in [0, 0.05) is 37.9 Å². The van der Waals surface area contributed by atoms with Crippen LogP contribution < -0.4 is 5.32 Å².